The number of hydrogen-bond acceptors (Lipinski definition) is 4. The highest BCUT2D eigenvalue weighted by atomic mass is 16.5. The first-order valence-electron chi connectivity index (χ1n) is 6.53. The molecule has 0 aliphatic heterocycles. The van der Waals surface area contributed by atoms with E-state index in [1.165, 1.54) is 0 Å². The summed E-state index contributed by atoms with van der Waals surface area (Å²) in [4.78, 5) is 23.1. The fraction of sp³-hybridized carbons (Fsp3) is 0.538. The Balaban J connectivity index is 1.87. The summed E-state index contributed by atoms with van der Waals surface area (Å²) >= 11 is 0. The number of ether oxygens (including phenoxy) is 1. The molecule has 0 radical (unpaired) electrons. The Labute approximate surface area is 111 Å². The zero-order chi connectivity index (χ0) is 13.8. The summed E-state index contributed by atoms with van der Waals surface area (Å²) in [7, 11) is 0. The van der Waals surface area contributed by atoms with E-state index in [4.69, 9.17) is 10.5 Å². The van der Waals surface area contributed by atoms with E-state index in [2.05, 4.69) is 5.32 Å². The molecule has 0 spiro atoms. The molecule has 1 aromatic heterocycles. The van der Waals surface area contributed by atoms with Crippen LogP contribution >= 0.6 is 0 Å². The predicted molar refractivity (Wildman–Crippen MR) is 70.7 cm³/mol. The first-order valence-corrected chi connectivity index (χ1v) is 6.53. The summed E-state index contributed by atoms with van der Waals surface area (Å²) in [6.45, 7) is 2.50. The van der Waals surface area contributed by atoms with Crippen LogP contribution in [0.25, 0.3) is 0 Å². The minimum Gasteiger partial charge on any atom is -0.460 e. The van der Waals surface area contributed by atoms with Crippen molar-refractivity contribution in [3.05, 3.63) is 18.0 Å². The molecule has 1 fully saturated rings. The van der Waals surface area contributed by atoms with Crippen molar-refractivity contribution in [1.29, 1.82) is 0 Å². The Bertz CT molecular complexity index is 477. The molecule has 19 heavy (non-hydrogen) atoms. The number of anilines is 1. The Morgan fingerprint density at radius 2 is 2.26 bits per heavy atom. The standard InChI is InChI=1S/C13H19N3O3/c1-2-15-12(17)5-6-19-13(18)11-7-9(14)8-16(11)10-3-4-10/h7-8,10H,2-6,14H2,1H3,(H,15,17). The van der Waals surface area contributed by atoms with Crippen LogP contribution in [0.3, 0.4) is 0 Å². The number of nitrogens with zero attached hydrogens (tertiary/aromatic N) is 1. The van der Waals surface area contributed by atoms with Gasteiger partial charge in [0.15, 0.2) is 0 Å². The van der Waals surface area contributed by atoms with Crippen LogP contribution in [0.2, 0.25) is 0 Å². The number of carbonyl (C=O) groups excluding carboxylic acids is 2. The molecule has 0 atom stereocenters. The number of esters is 1. The van der Waals surface area contributed by atoms with E-state index in [9.17, 15) is 9.59 Å². The van der Waals surface area contributed by atoms with Gasteiger partial charge < -0.3 is 20.4 Å². The van der Waals surface area contributed by atoms with Crippen LogP contribution in [0, 0.1) is 0 Å². The molecule has 1 amide bonds. The minimum atomic E-state index is -0.423. The maximum atomic E-state index is 11.9. The molecule has 6 nitrogen and oxygen atoms in total. The van der Waals surface area contributed by atoms with Crippen molar-refractivity contribution in [2.24, 2.45) is 0 Å². The second-order valence-corrected chi connectivity index (χ2v) is 4.64. The third kappa shape index (κ3) is 3.49. The van der Waals surface area contributed by atoms with Crippen LogP contribution in [-0.4, -0.2) is 29.6 Å². The van der Waals surface area contributed by atoms with Crippen molar-refractivity contribution in [2.75, 3.05) is 18.9 Å². The van der Waals surface area contributed by atoms with Crippen LogP contribution in [-0.2, 0) is 9.53 Å². The zero-order valence-electron chi connectivity index (χ0n) is 11.0. The first-order chi connectivity index (χ1) is 9.11. The lowest BCUT2D eigenvalue weighted by Crippen LogP contribution is -2.24. The maximum Gasteiger partial charge on any atom is 0.355 e. The molecule has 6 heteroatoms. The largest absolute Gasteiger partial charge is 0.460 e. The summed E-state index contributed by atoms with van der Waals surface area (Å²) in [6, 6.07) is 1.98. The molecule has 0 bridgehead atoms. The van der Waals surface area contributed by atoms with Crippen molar-refractivity contribution in [2.45, 2.75) is 32.2 Å². The molecular weight excluding hydrogens is 246 g/mol. The molecular formula is C13H19N3O3. The molecule has 0 unspecified atom stereocenters. The second kappa shape index (κ2) is 5.77. The molecule has 0 aromatic carbocycles. The fourth-order valence-electron chi connectivity index (χ4n) is 1.91. The van der Waals surface area contributed by atoms with Gasteiger partial charge in [-0.3, -0.25) is 4.79 Å². The van der Waals surface area contributed by atoms with Crippen LogP contribution < -0.4 is 11.1 Å². The number of rotatable bonds is 6. The molecule has 104 valence electrons. The fourth-order valence-corrected chi connectivity index (χ4v) is 1.91. The van der Waals surface area contributed by atoms with E-state index < -0.39 is 5.97 Å². The maximum absolute atomic E-state index is 11.9. The lowest BCUT2D eigenvalue weighted by molar-refractivity contribution is -0.121. The van der Waals surface area contributed by atoms with Gasteiger partial charge in [-0.2, -0.15) is 0 Å². The predicted octanol–water partition coefficient (Wildman–Crippen LogP) is 1.09. The van der Waals surface area contributed by atoms with Crippen molar-refractivity contribution >= 4 is 17.6 Å². The van der Waals surface area contributed by atoms with Gasteiger partial charge in [0, 0.05) is 18.8 Å². The quantitative estimate of drug-likeness (QED) is 0.754. The third-order valence-electron chi connectivity index (χ3n) is 2.96. The van der Waals surface area contributed by atoms with Gasteiger partial charge in [-0.05, 0) is 25.8 Å². The lowest BCUT2D eigenvalue weighted by atomic mass is 10.4. The summed E-state index contributed by atoms with van der Waals surface area (Å²) in [5.41, 5.74) is 6.73. The van der Waals surface area contributed by atoms with Crippen LogP contribution in [0.4, 0.5) is 5.69 Å². The normalized spacial score (nSPS) is 14.2. The highest BCUT2D eigenvalue weighted by Gasteiger charge is 2.28. The molecule has 1 aliphatic rings. The number of nitrogens with two attached hydrogens (primary N) is 1. The second-order valence-electron chi connectivity index (χ2n) is 4.64. The number of carbonyl (C=O) groups is 2. The number of hydrogen-bond donors (Lipinski definition) is 2. The molecule has 0 saturated heterocycles. The summed E-state index contributed by atoms with van der Waals surface area (Å²) in [5, 5.41) is 2.65. The number of amides is 1. The van der Waals surface area contributed by atoms with Crippen molar-refractivity contribution in [3.63, 3.8) is 0 Å². The monoisotopic (exact) mass is 265 g/mol. The van der Waals surface area contributed by atoms with Gasteiger partial charge in [-0.1, -0.05) is 0 Å². The van der Waals surface area contributed by atoms with E-state index in [0.29, 0.717) is 24.0 Å². The highest BCUT2D eigenvalue weighted by Crippen LogP contribution is 2.37. The Hall–Kier alpha value is -1.98. The van der Waals surface area contributed by atoms with E-state index in [1.807, 2.05) is 11.5 Å². The summed E-state index contributed by atoms with van der Waals surface area (Å²) < 4.78 is 6.97. The molecule has 1 aliphatic carbocycles. The smallest absolute Gasteiger partial charge is 0.355 e. The number of aromatic nitrogens is 1. The molecule has 1 aromatic rings. The topological polar surface area (TPSA) is 86.3 Å². The summed E-state index contributed by atoms with van der Waals surface area (Å²) in [5.74, 6) is -0.541. The van der Waals surface area contributed by atoms with Gasteiger partial charge in [0.05, 0.1) is 12.1 Å². The van der Waals surface area contributed by atoms with Gasteiger partial charge in [0.1, 0.15) is 12.3 Å². The molecule has 3 N–H and O–H groups in total. The highest BCUT2D eigenvalue weighted by molar-refractivity contribution is 5.89. The number of nitrogen functional groups attached to an aromatic ring is 1. The number of nitrogens with one attached hydrogen (secondary N) is 1. The molecule has 1 heterocycles. The Kier molecular flexibility index (Phi) is 4.09. The molecule has 1 saturated carbocycles. The van der Waals surface area contributed by atoms with E-state index in [-0.39, 0.29) is 18.9 Å². The van der Waals surface area contributed by atoms with Crippen LogP contribution in [0.5, 0.6) is 0 Å². The Morgan fingerprint density at radius 1 is 1.53 bits per heavy atom. The first kappa shape index (κ1) is 13.5. The lowest BCUT2D eigenvalue weighted by Gasteiger charge is -2.07. The Morgan fingerprint density at radius 3 is 2.89 bits per heavy atom. The van der Waals surface area contributed by atoms with E-state index >= 15 is 0 Å². The van der Waals surface area contributed by atoms with Gasteiger partial charge in [-0.25, -0.2) is 4.79 Å². The van der Waals surface area contributed by atoms with E-state index in [0.717, 1.165) is 12.8 Å². The van der Waals surface area contributed by atoms with E-state index in [1.54, 1.807) is 12.3 Å². The van der Waals surface area contributed by atoms with Gasteiger partial charge >= 0.3 is 5.97 Å². The average Bonchev–Trinajstić information content (AvgIpc) is 3.12. The van der Waals surface area contributed by atoms with Crippen molar-refractivity contribution in [1.82, 2.24) is 9.88 Å². The average molecular weight is 265 g/mol. The van der Waals surface area contributed by atoms with Gasteiger partial charge in [0.25, 0.3) is 0 Å². The zero-order valence-corrected chi connectivity index (χ0v) is 11.0. The van der Waals surface area contributed by atoms with Gasteiger partial charge in [0.2, 0.25) is 5.91 Å². The van der Waals surface area contributed by atoms with Gasteiger partial charge in [-0.15, -0.1) is 0 Å². The van der Waals surface area contributed by atoms with Crippen molar-refractivity contribution < 1.29 is 14.3 Å². The minimum absolute atomic E-state index is 0.0837. The molecule has 2 rings (SSSR count). The van der Waals surface area contributed by atoms with Crippen molar-refractivity contribution in [3.8, 4) is 0 Å². The van der Waals surface area contributed by atoms with Crippen LogP contribution in [0.15, 0.2) is 12.3 Å². The third-order valence-corrected chi connectivity index (χ3v) is 2.96. The van der Waals surface area contributed by atoms with Crippen LogP contribution in [0.1, 0.15) is 42.7 Å². The summed E-state index contributed by atoms with van der Waals surface area (Å²) in [6.07, 6.45) is 4.07. The SMILES string of the molecule is CCNC(=O)CCOC(=O)c1cc(N)cn1C1CC1.